The van der Waals surface area contributed by atoms with Crippen LogP contribution in [-0.4, -0.2) is 17.0 Å². The fraction of sp³-hybridized carbons (Fsp3) is 0.0556. The fourth-order valence-electron chi connectivity index (χ4n) is 2.33. The molecule has 0 aliphatic carbocycles. The zero-order valence-electron chi connectivity index (χ0n) is 11.9. The number of rotatable bonds is 4. The Balaban J connectivity index is 2.08. The number of hydrogen-bond donors (Lipinski definition) is 2. The van der Waals surface area contributed by atoms with Gasteiger partial charge in [0, 0.05) is 18.3 Å². The van der Waals surface area contributed by atoms with Gasteiger partial charge in [-0.25, -0.2) is 4.98 Å². The van der Waals surface area contributed by atoms with E-state index in [2.05, 4.69) is 46.1 Å². The SMILES string of the molecule is C=C/C=C(\c1ccc(NC)cc1)c1nc2ccccc2[nH]1. The monoisotopic (exact) mass is 275 g/mol. The van der Waals surface area contributed by atoms with Crippen LogP contribution in [0.1, 0.15) is 11.4 Å². The molecule has 2 N–H and O–H groups in total. The van der Waals surface area contributed by atoms with Crippen LogP contribution in [-0.2, 0) is 0 Å². The standard InChI is InChI=1S/C18H17N3/c1-3-6-15(13-9-11-14(19-2)12-10-13)18-20-16-7-4-5-8-17(16)21-18/h3-12,19H,1H2,2H3,(H,20,21)/b15-6+. The van der Waals surface area contributed by atoms with Crippen molar-refractivity contribution in [3.8, 4) is 0 Å². The number of H-pyrrole nitrogens is 1. The van der Waals surface area contributed by atoms with E-state index in [0.717, 1.165) is 33.7 Å². The third-order valence-corrected chi connectivity index (χ3v) is 3.41. The predicted molar refractivity (Wildman–Crippen MR) is 89.4 cm³/mol. The lowest BCUT2D eigenvalue weighted by Crippen LogP contribution is -1.92. The molecular formula is C18H17N3. The topological polar surface area (TPSA) is 40.7 Å². The van der Waals surface area contributed by atoms with Gasteiger partial charge in [0.15, 0.2) is 0 Å². The number of para-hydroxylation sites is 2. The van der Waals surface area contributed by atoms with Gasteiger partial charge in [0.1, 0.15) is 5.82 Å². The van der Waals surface area contributed by atoms with Crippen LogP contribution in [0.3, 0.4) is 0 Å². The van der Waals surface area contributed by atoms with Crippen molar-refractivity contribution in [2.45, 2.75) is 0 Å². The van der Waals surface area contributed by atoms with Crippen molar-refractivity contribution in [3.05, 3.63) is 78.6 Å². The van der Waals surface area contributed by atoms with E-state index >= 15 is 0 Å². The molecule has 0 saturated heterocycles. The van der Waals surface area contributed by atoms with E-state index in [1.807, 2.05) is 37.4 Å². The quantitative estimate of drug-likeness (QED) is 0.700. The van der Waals surface area contributed by atoms with Crippen molar-refractivity contribution >= 4 is 22.3 Å². The van der Waals surface area contributed by atoms with Crippen molar-refractivity contribution in [3.63, 3.8) is 0 Å². The van der Waals surface area contributed by atoms with Gasteiger partial charge in [0.05, 0.1) is 11.0 Å². The van der Waals surface area contributed by atoms with Gasteiger partial charge < -0.3 is 10.3 Å². The molecule has 21 heavy (non-hydrogen) atoms. The van der Waals surface area contributed by atoms with Gasteiger partial charge >= 0.3 is 0 Å². The molecule has 3 heteroatoms. The predicted octanol–water partition coefficient (Wildman–Crippen LogP) is 4.22. The van der Waals surface area contributed by atoms with E-state index in [1.54, 1.807) is 6.08 Å². The Hall–Kier alpha value is -2.81. The molecule has 0 saturated carbocycles. The molecule has 0 fully saturated rings. The summed E-state index contributed by atoms with van der Waals surface area (Å²) in [7, 11) is 1.91. The number of fused-ring (bicyclic) bond motifs is 1. The summed E-state index contributed by atoms with van der Waals surface area (Å²) in [6.45, 7) is 3.81. The average molecular weight is 275 g/mol. The smallest absolute Gasteiger partial charge is 0.139 e. The zero-order chi connectivity index (χ0) is 14.7. The van der Waals surface area contributed by atoms with Crippen LogP contribution in [0.2, 0.25) is 0 Å². The first kappa shape index (κ1) is 13.2. The molecule has 0 aliphatic rings. The van der Waals surface area contributed by atoms with Crippen LogP contribution in [0.25, 0.3) is 16.6 Å². The van der Waals surface area contributed by atoms with E-state index in [0.29, 0.717) is 0 Å². The van der Waals surface area contributed by atoms with Crippen molar-refractivity contribution in [1.82, 2.24) is 9.97 Å². The van der Waals surface area contributed by atoms with Crippen LogP contribution < -0.4 is 5.32 Å². The molecule has 3 aromatic rings. The van der Waals surface area contributed by atoms with Gasteiger partial charge in [-0.3, -0.25) is 0 Å². The molecule has 0 spiro atoms. The van der Waals surface area contributed by atoms with Crippen LogP contribution in [0.15, 0.2) is 67.3 Å². The first-order valence-electron chi connectivity index (χ1n) is 6.88. The summed E-state index contributed by atoms with van der Waals surface area (Å²) in [5.41, 5.74) is 5.22. The molecule has 1 aromatic heterocycles. The second kappa shape index (κ2) is 5.67. The number of aromatic nitrogens is 2. The summed E-state index contributed by atoms with van der Waals surface area (Å²) < 4.78 is 0. The first-order chi connectivity index (χ1) is 10.3. The lowest BCUT2D eigenvalue weighted by Gasteiger charge is -2.06. The molecular weight excluding hydrogens is 258 g/mol. The maximum atomic E-state index is 4.66. The largest absolute Gasteiger partial charge is 0.388 e. The van der Waals surface area contributed by atoms with E-state index < -0.39 is 0 Å². The van der Waals surface area contributed by atoms with Gasteiger partial charge in [-0.05, 0) is 29.8 Å². The second-order valence-corrected chi connectivity index (χ2v) is 4.75. The lowest BCUT2D eigenvalue weighted by atomic mass is 10.0. The van der Waals surface area contributed by atoms with Crippen molar-refractivity contribution in [1.29, 1.82) is 0 Å². The minimum absolute atomic E-state index is 0.855. The number of allylic oxidation sites excluding steroid dienone is 2. The second-order valence-electron chi connectivity index (χ2n) is 4.75. The van der Waals surface area contributed by atoms with E-state index in [9.17, 15) is 0 Å². The molecule has 3 nitrogen and oxygen atoms in total. The molecule has 0 aliphatic heterocycles. The molecule has 2 aromatic carbocycles. The van der Waals surface area contributed by atoms with Gasteiger partial charge in [-0.2, -0.15) is 0 Å². The molecule has 0 bridgehead atoms. The summed E-state index contributed by atoms with van der Waals surface area (Å²) >= 11 is 0. The van der Waals surface area contributed by atoms with Crippen LogP contribution in [0, 0.1) is 0 Å². The maximum absolute atomic E-state index is 4.66. The average Bonchev–Trinajstić information content (AvgIpc) is 2.96. The maximum Gasteiger partial charge on any atom is 0.139 e. The molecule has 1 heterocycles. The Morgan fingerprint density at radius 3 is 2.57 bits per heavy atom. The highest BCUT2D eigenvalue weighted by Crippen LogP contribution is 2.24. The van der Waals surface area contributed by atoms with Crippen LogP contribution in [0.4, 0.5) is 5.69 Å². The number of anilines is 1. The van der Waals surface area contributed by atoms with E-state index in [1.165, 1.54) is 0 Å². The number of benzene rings is 2. The minimum atomic E-state index is 0.855. The van der Waals surface area contributed by atoms with Crippen molar-refractivity contribution in [2.24, 2.45) is 0 Å². The van der Waals surface area contributed by atoms with Crippen molar-refractivity contribution < 1.29 is 0 Å². The summed E-state index contributed by atoms with van der Waals surface area (Å²) in [5, 5.41) is 3.12. The van der Waals surface area contributed by atoms with Gasteiger partial charge in [-0.15, -0.1) is 0 Å². The van der Waals surface area contributed by atoms with Crippen molar-refractivity contribution in [2.75, 3.05) is 12.4 Å². The zero-order valence-corrected chi connectivity index (χ0v) is 11.9. The number of nitrogens with one attached hydrogen (secondary N) is 2. The summed E-state index contributed by atoms with van der Waals surface area (Å²) in [6, 6.07) is 16.3. The highest BCUT2D eigenvalue weighted by molar-refractivity contribution is 5.84. The van der Waals surface area contributed by atoms with E-state index in [4.69, 9.17) is 0 Å². The van der Waals surface area contributed by atoms with Gasteiger partial charge in [0.25, 0.3) is 0 Å². The molecule has 0 amide bonds. The number of hydrogen-bond acceptors (Lipinski definition) is 2. The lowest BCUT2D eigenvalue weighted by molar-refractivity contribution is 1.26. The van der Waals surface area contributed by atoms with Crippen LogP contribution >= 0.6 is 0 Å². The highest BCUT2D eigenvalue weighted by atomic mass is 14.9. The Kier molecular flexibility index (Phi) is 3.56. The normalized spacial score (nSPS) is 11.6. The summed E-state index contributed by atoms with van der Waals surface area (Å²) in [6.07, 6.45) is 3.76. The Labute approximate surface area is 124 Å². The number of imidazole rings is 1. The van der Waals surface area contributed by atoms with Gasteiger partial charge in [0.2, 0.25) is 0 Å². The Morgan fingerprint density at radius 2 is 1.90 bits per heavy atom. The summed E-state index contributed by atoms with van der Waals surface area (Å²) in [4.78, 5) is 8.03. The highest BCUT2D eigenvalue weighted by Gasteiger charge is 2.09. The molecule has 3 rings (SSSR count). The first-order valence-corrected chi connectivity index (χ1v) is 6.88. The van der Waals surface area contributed by atoms with E-state index in [-0.39, 0.29) is 0 Å². The summed E-state index contributed by atoms with van der Waals surface area (Å²) in [5.74, 6) is 0.855. The third kappa shape index (κ3) is 2.58. The van der Waals surface area contributed by atoms with Gasteiger partial charge in [-0.1, -0.05) is 43.0 Å². The Morgan fingerprint density at radius 1 is 1.14 bits per heavy atom. The Bertz CT molecular complexity index is 762. The number of aromatic amines is 1. The molecule has 0 atom stereocenters. The van der Waals surface area contributed by atoms with Crippen LogP contribution in [0.5, 0.6) is 0 Å². The molecule has 104 valence electrons. The number of nitrogens with zero attached hydrogens (tertiary/aromatic N) is 1. The minimum Gasteiger partial charge on any atom is -0.388 e. The third-order valence-electron chi connectivity index (χ3n) is 3.41. The fourth-order valence-corrected chi connectivity index (χ4v) is 2.33. The molecule has 0 unspecified atom stereocenters. The molecule has 0 radical (unpaired) electrons.